The van der Waals surface area contributed by atoms with Gasteiger partial charge in [-0.2, -0.15) is 4.98 Å². The van der Waals surface area contributed by atoms with E-state index in [1.807, 2.05) is 13.8 Å². The van der Waals surface area contributed by atoms with E-state index in [0.29, 0.717) is 55.0 Å². The van der Waals surface area contributed by atoms with Crippen molar-refractivity contribution in [2.24, 2.45) is 11.7 Å². The first-order valence-corrected chi connectivity index (χ1v) is 12.5. The zero-order chi connectivity index (χ0) is 26.1. The van der Waals surface area contributed by atoms with E-state index >= 15 is 0 Å². The lowest BCUT2D eigenvalue weighted by Crippen LogP contribution is -2.39. The summed E-state index contributed by atoms with van der Waals surface area (Å²) < 4.78 is 52.7. The normalized spacial score (nSPS) is 21.5. The molecule has 37 heavy (non-hydrogen) atoms. The van der Waals surface area contributed by atoms with Crippen LogP contribution in [0.25, 0.3) is 0 Å². The number of piperidine rings is 1. The molecule has 0 saturated carbocycles. The molecule has 4 heterocycles. The molecule has 0 bridgehead atoms. The predicted octanol–water partition coefficient (Wildman–Crippen LogP) is 3.45. The van der Waals surface area contributed by atoms with Gasteiger partial charge >= 0.3 is 0 Å². The molecular formula is C25H30F3N7O2. The molecule has 2 aromatic heterocycles. The van der Waals surface area contributed by atoms with Crippen LogP contribution in [0.2, 0.25) is 0 Å². The number of rotatable bonds is 7. The molecule has 0 radical (unpaired) electrons. The maximum atomic E-state index is 14.3. The van der Waals surface area contributed by atoms with Crippen molar-refractivity contribution in [3.63, 3.8) is 0 Å². The van der Waals surface area contributed by atoms with Crippen molar-refractivity contribution < 1.29 is 22.4 Å². The topological polar surface area (TPSA) is 106 Å². The third-order valence-electron chi connectivity index (χ3n) is 7.27. The highest BCUT2D eigenvalue weighted by Gasteiger charge is 2.35. The van der Waals surface area contributed by atoms with E-state index in [4.69, 9.17) is 15.0 Å². The predicted molar refractivity (Wildman–Crippen MR) is 130 cm³/mol. The van der Waals surface area contributed by atoms with E-state index in [2.05, 4.69) is 25.0 Å². The van der Waals surface area contributed by atoms with Crippen LogP contribution < -0.4 is 20.3 Å². The van der Waals surface area contributed by atoms with E-state index in [9.17, 15) is 13.2 Å². The van der Waals surface area contributed by atoms with E-state index in [0.717, 1.165) is 32.0 Å². The minimum absolute atomic E-state index is 0.0333. The second-order valence-corrected chi connectivity index (χ2v) is 9.67. The van der Waals surface area contributed by atoms with Gasteiger partial charge in [0.05, 0.1) is 18.5 Å². The Balaban J connectivity index is 1.16. The average Bonchev–Trinajstić information content (AvgIpc) is 3.54. The largest absolute Gasteiger partial charge is 0.487 e. The zero-order valence-electron chi connectivity index (χ0n) is 20.8. The van der Waals surface area contributed by atoms with Crippen molar-refractivity contribution in [2.45, 2.75) is 51.2 Å². The van der Waals surface area contributed by atoms with Crippen molar-refractivity contribution >= 4 is 11.9 Å². The van der Waals surface area contributed by atoms with Crippen molar-refractivity contribution in [3.8, 4) is 5.75 Å². The van der Waals surface area contributed by atoms with Crippen molar-refractivity contribution in [1.29, 1.82) is 0 Å². The first-order valence-electron chi connectivity index (χ1n) is 12.5. The molecule has 3 aromatic rings. The van der Waals surface area contributed by atoms with E-state index in [1.165, 1.54) is 0 Å². The van der Waals surface area contributed by atoms with Gasteiger partial charge in [-0.3, -0.25) is 0 Å². The number of benzene rings is 1. The Kier molecular flexibility index (Phi) is 7.18. The van der Waals surface area contributed by atoms with E-state index in [-0.39, 0.29) is 11.7 Å². The lowest BCUT2D eigenvalue weighted by molar-refractivity contribution is 0.131. The molecule has 2 aliphatic heterocycles. The summed E-state index contributed by atoms with van der Waals surface area (Å²) in [6, 6.07) is 0.958. The van der Waals surface area contributed by atoms with Gasteiger partial charge in [0.15, 0.2) is 17.4 Å². The van der Waals surface area contributed by atoms with Crippen LogP contribution in [0.3, 0.4) is 0 Å². The molecule has 198 valence electrons. The van der Waals surface area contributed by atoms with Crippen LogP contribution in [0.5, 0.6) is 5.75 Å². The third kappa shape index (κ3) is 5.34. The van der Waals surface area contributed by atoms with Crippen LogP contribution in [0.4, 0.5) is 25.1 Å². The van der Waals surface area contributed by atoms with Crippen LogP contribution in [-0.2, 0) is 6.42 Å². The fourth-order valence-electron chi connectivity index (χ4n) is 5.07. The highest BCUT2D eigenvalue weighted by Crippen LogP contribution is 2.32. The average molecular weight is 518 g/mol. The van der Waals surface area contributed by atoms with Crippen molar-refractivity contribution in [2.75, 3.05) is 36.0 Å². The zero-order valence-corrected chi connectivity index (χ0v) is 20.8. The molecule has 2 saturated heterocycles. The molecule has 2 N–H and O–H groups in total. The van der Waals surface area contributed by atoms with Gasteiger partial charge < -0.3 is 24.8 Å². The van der Waals surface area contributed by atoms with Gasteiger partial charge in [-0.15, -0.1) is 0 Å². The van der Waals surface area contributed by atoms with Gasteiger partial charge in [0.2, 0.25) is 11.8 Å². The van der Waals surface area contributed by atoms with E-state index < -0.39 is 29.4 Å². The van der Waals surface area contributed by atoms with Crippen LogP contribution in [0.15, 0.2) is 29.0 Å². The quantitative estimate of drug-likeness (QED) is 0.472. The Hall–Kier alpha value is -3.41. The maximum absolute atomic E-state index is 14.3. The van der Waals surface area contributed by atoms with E-state index in [1.54, 1.807) is 17.3 Å². The summed E-state index contributed by atoms with van der Waals surface area (Å²) in [5, 5.41) is 4.06. The minimum atomic E-state index is -1.22. The van der Waals surface area contributed by atoms with Gasteiger partial charge in [-0.1, -0.05) is 6.92 Å². The number of halogens is 3. The number of hydrogen-bond acceptors (Lipinski definition) is 9. The van der Waals surface area contributed by atoms with Gasteiger partial charge in [-0.25, -0.2) is 23.1 Å². The summed E-state index contributed by atoms with van der Waals surface area (Å²) in [7, 11) is 0. The Morgan fingerprint density at radius 2 is 1.73 bits per heavy atom. The summed E-state index contributed by atoms with van der Waals surface area (Å²) >= 11 is 0. The second-order valence-electron chi connectivity index (χ2n) is 9.67. The number of nitrogens with zero attached hydrogens (tertiary/aromatic N) is 6. The number of aryl methyl sites for hydroxylation is 1. The smallest absolute Gasteiger partial charge is 0.266 e. The second kappa shape index (κ2) is 10.5. The van der Waals surface area contributed by atoms with Crippen molar-refractivity contribution in [3.05, 3.63) is 53.4 Å². The molecule has 5 rings (SSSR count). The molecule has 0 spiro atoms. The SMILES string of the molecule is CCc1nc(N2CCC([C@H](C)Oc3cnc(N4C[C@H](c5cc(F)c(F)cc5F)[C@@H](N)C4)nc3)CC2)no1. The number of aromatic nitrogens is 4. The molecular weight excluding hydrogens is 487 g/mol. The summed E-state index contributed by atoms with van der Waals surface area (Å²) in [4.78, 5) is 17.2. The van der Waals surface area contributed by atoms with Crippen molar-refractivity contribution in [1.82, 2.24) is 20.1 Å². The fraction of sp³-hybridized carbons (Fsp3) is 0.520. The molecule has 0 amide bonds. The molecule has 2 aliphatic rings. The first-order chi connectivity index (χ1) is 17.8. The van der Waals surface area contributed by atoms with Gasteiger partial charge in [0, 0.05) is 50.6 Å². The van der Waals surface area contributed by atoms with Gasteiger partial charge in [0.1, 0.15) is 5.82 Å². The Bertz CT molecular complexity index is 1220. The highest BCUT2D eigenvalue weighted by atomic mass is 19.2. The third-order valence-corrected chi connectivity index (χ3v) is 7.27. The van der Waals surface area contributed by atoms with Gasteiger partial charge in [-0.05, 0) is 42.5 Å². The van der Waals surface area contributed by atoms with Gasteiger partial charge in [0.25, 0.3) is 5.95 Å². The van der Waals surface area contributed by atoms with Crippen LogP contribution in [0, 0.1) is 23.4 Å². The lowest BCUT2D eigenvalue weighted by atomic mass is 9.92. The number of nitrogens with two attached hydrogens (primary N) is 1. The summed E-state index contributed by atoms with van der Waals surface area (Å²) in [5.41, 5.74) is 6.26. The molecule has 1 aromatic carbocycles. The molecule has 2 fully saturated rings. The fourth-order valence-corrected chi connectivity index (χ4v) is 5.07. The summed E-state index contributed by atoms with van der Waals surface area (Å²) in [6.45, 7) is 6.32. The lowest BCUT2D eigenvalue weighted by Gasteiger charge is -2.34. The number of hydrogen-bond donors (Lipinski definition) is 1. The molecule has 3 atom stereocenters. The van der Waals surface area contributed by atoms with Crippen LogP contribution in [0.1, 0.15) is 44.1 Å². The minimum Gasteiger partial charge on any atom is -0.487 e. The van der Waals surface area contributed by atoms with Crippen LogP contribution in [-0.4, -0.2) is 58.4 Å². The Labute approximate surface area is 212 Å². The molecule has 0 aliphatic carbocycles. The monoisotopic (exact) mass is 517 g/mol. The molecule has 12 heteroatoms. The Morgan fingerprint density at radius 1 is 1.03 bits per heavy atom. The molecule has 0 unspecified atom stereocenters. The summed E-state index contributed by atoms with van der Waals surface area (Å²) in [6.07, 6.45) is 5.77. The molecule has 9 nitrogen and oxygen atoms in total. The standard InChI is InChI=1S/C25H30F3N7O2/c1-3-23-32-25(33-37-23)34-6-4-15(5-7-34)14(2)36-16-10-30-24(31-11-16)35-12-18(22(29)13-35)17-8-20(27)21(28)9-19(17)26/h8-11,14-15,18,22H,3-7,12-13,29H2,1-2H3/t14-,18+,22-/m0/s1. The maximum Gasteiger partial charge on any atom is 0.266 e. The number of ether oxygens (including phenoxy) is 1. The number of anilines is 2. The summed E-state index contributed by atoms with van der Waals surface area (Å²) in [5.74, 6) is -1.03. The first kappa shape index (κ1) is 25.2. The highest BCUT2D eigenvalue weighted by molar-refractivity contribution is 5.39. The Morgan fingerprint density at radius 3 is 2.41 bits per heavy atom. The van der Waals surface area contributed by atoms with Crippen LogP contribution >= 0.6 is 0 Å².